The normalized spacial score (nSPS) is 14.8. The van der Waals surface area contributed by atoms with Crippen LogP contribution in [0.2, 0.25) is 5.15 Å². The quantitative estimate of drug-likeness (QED) is 0.788. The van der Waals surface area contributed by atoms with Crippen molar-refractivity contribution in [2.24, 2.45) is 5.92 Å². The van der Waals surface area contributed by atoms with Crippen LogP contribution < -0.4 is 10.6 Å². The molecule has 0 bridgehead atoms. The zero-order chi connectivity index (χ0) is 13.7. The fourth-order valence-corrected chi connectivity index (χ4v) is 2.38. The van der Waals surface area contributed by atoms with E-state index < -0.39 is 0 Å². The fourth-order valence-electron chi connectivity index (χ4n) is 2.17. The molecule has 5 heteroatoms. The Bertz CT molecular complexity index is 446. The lowest BCUT2D eigenvalue weighted by Crippen LogP contribution is -2.27. The summed E-state index contributed by atoms with van der Waals surface area (Å²) in [5.41, 5.74) is 0.560. The average molecular weight is 282 g/mol. The molecule has 0 atom stereocenters. The first kappa shape index (κ1) is 14.1. The summed E-state index contributed by atoms with van der Waals surface area (Å²) in [6.07, 6.45) is 5.03. The van der Waals surface area contributed by atoms with Crippen molar-refractivity contribution in [3.8, 4) is 0 Å². The van der Waals surface area contributed by atoms with Crippen molar-refractivity contribution in [1.82, 2.24) is 10.3 Å². The van der Waals surface area contributed by atoms with Crippen LogP contribution in [0, 0.1) is 5.92 Å². The first-order valence-electron chi connectivity index (χ1n) is 6.88. The monoisotopic (exact) mass is 281 g/mol. The molecule has 19 heavy (non-hydrogen) atoms. The number of hydrogen-bond acceptors (Lipinski definition) is 3. The van der Waals surface area contributed by atoms with Gasteiger partial charge in [-0.1, -0.05) is 30.9 Å². The molecule has 0 saturated heterocycles. The van der Waals surface area contributed by atoms with E-state index in [2.05, 4.69) is 15.6 Å². The zero-order valence-electron chi connectivity index (χ0n) is 11.2. The molecule has 104 valence electrons. The van der Waals surface area contributed by atoms with Gasteiger partial charge in [-0.25, -0.2) is 4.98 Å². The molecule has 1 fully saturated rings. The lowest BCUT2D eigenvalue weighted by Gasteiger charge is -2.25. The van der Waals surface area contributed by atoms with Crippen LogP contribution in [0.15, 0.2) is 12.1 Å². The highest BCUT2D eigenvalue weighted by molar-refractivity contribution is 6.29. The summed E-state index contributed by atoms with van der Waals surface area (Å²) in [4.78, 5) is 16.1. The first-order valence-corrected chi connectivity index (χ1v) is 7.26. The van der Waals surface area contributed by atoms with Gasteiger partial charge in [0, 0.05) is 18.7 Å². The van der Waals surface area contributed by atoms with Gasteiger partial charge in [0.05, 0.1) is 0 Å². The minimum Gasteiger partial charge on any atom is -0.370 e. The molecule has 0 aliphatic heterocycles. The Morgan fingerprint density at radius 3 is 2.89 bits per heavy atom. The third kappa shape index (κ3) is 4.10. The van der Waals surface area contributed by atoms with Crippen molar-refractivity contribution in [2.45, 2.75) is 32.6 Å². The fraction of sp³-hybridized carbons (Fsp3) is 0.571. The molecule has 1 heterocycles. The van der Waals surface area contributed by atoms with Crippen LogP contribution in [0.5, 0.6) is 0 Å². The third-order valence-corrected chi connectivity index (χ3v) is 3.67. The number of carbonyl (C=O) groups excluding carboxylic acids is 1. The van der Waals surface area contributed by atoms with Gasteiger partial charge in [-0.3, -0.25) is 4.79 Å². The number of nitrogens with one attached hydrogen (secondary N) is 2. The summed E-state index contributed by atoms with van der Waals surface area (Å²) in [5.74, 6) is 1.36. The molecular weight excluding hydrogens is 262 g/mol. The van der Waals surface area contributed by atoms with E-state index in [0.29, 0.717) is 16.5 Å². The first-order chi connectivity index (χ1) is 9.19. The predicted octanol–water partition coefficient (Wildman–Crippen LogP) is 3.09. The Balaban J connectivity index is 1.89. The molecule has 0 radical (unpaired) electrons. The smallest absolute Gasteiger partial charge is 0.251 e. The van der Waals surface area contributed by atoms with Crippen molar-refractivity contribution < 1.29 is 4.79 Å². The second-order valence-electron chi connectivity index (χ2n) is 4.94. The summed E-state index contributed by atoms with van der Waals surface area (Å²) >= 11 is 5.91. The highest BCUT2D eigenvalue weighted by atomic mass is 35.5. The van der Waals surface area contributed by atoms with Crippen molar-refractivity contribution in [3.63, 3.8) is 0 Å². The van der Waals surface area contributed by atoms with Crippen molar-refractivity contribution in [2.75, 3.05) is 18.4 Å². The second kappa shape index (κ2) is 6.75. The summed E-state index contributed by atoms with van der Waals surface area (Å²) in [5, 5.41) is 6.34. The Hall–Kier alpha value is -1.29. The molecule has 1 amide bonds. The van der Waals surface area contributed by atoms with Crippen LogP contribution in [0.25, 0.3) is 0 Å². The number of halogens is 1. The maximum atomic E-state index is 12.0. The van der Waals surface area contributed by atoms with E-state index in [4.69, 9.17) is 11.6 Å². The van der Waals surface area contributed by atoms with Crippen LogP contribution >= 0.6 is 11.6 Å². The number of rotatable bonds is 6. The van der Waals surface area contributed by atoms with Crippen molar-refractivity contribution in [3.05, 3.63) is 22.8 Å². The molecule has 0 unspecified atom stereocenters. The number of nitrogens with zero attached hydrogens (tertiary/aromatic N) is 1. The summed E-state index contributed by atoms with van der Waals surface area (Å²) in [7, 11) is 0. The van der Waals surface area contributed by atoms with E-state index >= 15 is 0 Å². The molecule has 1 saturated carbocycles. The van der Waals surface area contributed by atoms with E-state index in [1.807, 2.05) is 6.92 Å². The number of carbonyl (C=O) groups is 1. The molecule has 1 aromatic heterocycles. The van der Waals surface area contributed by atoms with Gasteiger partial charge in [-0.05, 0) is 31.4 Å². The highest BCUT2D eigenvalue weighted by Crippen LogP contribution is 2.28. The van der Waals surface area contributed by atoms with Crippen LogP contribution in [0.4, 0.5) is 5.82 Å². The van der Waals surface area contributed by atoms with E-state index in [0.717, 1.165) is 25.4 Å². The van der Waals surface area contributed by atoms with Gasteiger partial charge in [0.1, 0.15) is 11.0 Å². The number of amides is 1. The molecule has 1 aromatic rings. The number of anilines is 1. The molecule has 2 rings (SSSR count). The van der Waals surface area contributed by atoms with E-state index in [1.54, 1.807) is 12.1 Å². The van der Waals surface area contributed by atoms with E-state index in [9.17, 15) is 4.79 Å². The third-order valence-electron chi connectivity index (χ3n) is 3.48. The number of aromatic nitrogens is 1. The maximum absolute atomic E-state index is 12.0. The lowest BCUT2D eigenvalue weighted by molar-refractivity contribution is 0.0949. The average Bonchev–Trinajstić information content (AvgIpc) is 2.31. The molecule has 0 spiro atoms. The lowest BCUT2D eigenvalue weighted by atomic mass is 9.83. The SMILES string of the molecule is CCNc1cc(C(=O)NCCC2CCC2)cc(Cl)n1. The number of hydrogen-bond donors (Lipinski definition) is 2. The molecule has 1 aliphatic carbocycles. The molecule has 0 aromatic carbocycles. The van der Waals surface area contributed by atoms with Gasteiger partial charge in [0.2, 0.25) is 0 Å². The Kier molecular flexibility index (Phi) is 5.02. The molecule has 1 aliphatic rings. The van der Waals surface area contributed by atoms with Gasteiger partial charge in [-0.15, -0.1) is 0 Å². The Morgan fingerprint density at radius 1 is 1.47 bits per heavy atom. The number of pyridine rings is 1. The largest absolute Gasteiger partial charge is 0.370 e. The standard InChI is InChI=1S/C14H20ClN3O/c1-2-16-13-9-11(8-12(15)18-13)14(19)17-7-6-10-4-3-5-10/h8-10H,2-7H2,1H3,(H,16,18)(H,17,19). The minimum atomic E-state index is -0.0808. The molecule has 2 N–H and O–H groups in total. The van der Waals surface area contributed by atoms with Gasteiger partial charge in [-0.2, -0.15) is 0 Å². The highest BCUT2D eigenvalue weighted by Gasteiger charge is 2.17. The van der Waals surface area contributed by atoms with E-state index in [1.165, 1.54) is 19.3 Å². The summed E-state index contributed by atoms with van der Waals surface area (Å²) in [6.45, 7) is 3.46. The molecular formula is C14H20ClN3O. The summed E-state index contributed by atoms with van der Waals surface area (Å²) < 4.78 is 0. The topological polar surface area (TPSA) is 54.0 Å². The van der Waals surface area contributed by atoms with Gasteiger partial charge < -0.3 is 10.6 Å². The minimum absolute atomic E-state index is 0.0808. The van der Waals surface area contributed by atoms with Crippen LogP contribution in [0.3, 0.4) is 0 Å². The maximum Gasteiger partial charge on any atom is 0.251 e. The Morgan fingerprint density at radius 2 is 2.26 bits per heavy atom. The zero-order valence-corrected chi connectivity index (χ0v) is 12.0. The predicted molar refractivity (Wildman–Crippen MR) is 77.7 cm³/mol. The van der Waals surface area contributed by atoms with Crippen molar-refractivity contribution in [1.29, 1.82) is 0 Å². The van der Waals surface area contributed by atoms with E-state index in [-0.39, 0.29) is 5.91 Å². The molecule has 4 nitrogen and oxygen atoms in total. The summed E-state index contributed by atoms with van der Waals surface area (Å²) in [6, 6.07) is 3.33. The Labute approximate surface area is 118 Å². The van der Waals surface area contributed by atoms with Crippen molar-refractivity contribution >= 4 is 23.3 Å². The second-order valence-corrected chi connectivity index (χ2v) is 5.32. The van der Waals surface area contributed by atoms with Gasteiger partial charge >= 0.3 is 0 Å². The van der Waals surface area contributed by atoms with Gasteiger partial charge in [0.15, 0.2) is 0 Å². The van der Waals surface area contributed by atoms with Crippen LogP contribution in [-0.4, -0.2) is 24.0 Å². The van der Waals surface area contributed by atoms with Crippen LogP contribution in [-0.2, 0) is 0 Å². The van der Waals surface area contributed by atoms with Gasteiger partial charge in [0.25, 0.3) is 5.91 Å². The van der Waals surface area contributed by atoms with Crippen LogP contribution in [0.1, 0.15) is 43.0 Å².